The first kappa shape index (κ1) is 11.2. The Morgan fingerprint density at radius 2 is 1.28 bits per heavy atom. The molecule has 1 heterocycles. The molecule has 3 rings (SSSR count). The molecular formula is C17H14S. The van der Waals surface area contributed by atoms with Gasteiger partial charge in [0.15, 0.2) is 0 Å². The molecule has 0 aliphatic heterocycles. The van der Waals surface area contributed by atoms with E-state index < -0.39 is 0 Å². The number of rotatable bonds is 2. The molecule has 0 nitrogen and oxygen atoms in total. The Morgan fingerprint density at radius 3 is 1.89 bits per heavy atom. The van der Waals surface area contributed by atoms with Gasteiger partial charge in [-0.1, -0.05) is 60.7 Å². The van der Waals surface area contributed by atoms with Crippen LogP contribution in [0.25, 0.3) is 21.6 Å². The van der Waals surface area contributed by atoms with Gasteiger partial charge in [-0.25, -0.2) is 0 Å². The zero-order valence-electron chi connectivity index (χ0n) is 10.3. The Balaban J connectivity index is 2.09. The van der Waals surface area contributed by atoms with Crippen molar-refractivity contribution < 1.29 is 0 Å². The summed E-state index contributed by atoms with van der Waals surface area (Å²) in [4.78, 5) is 1.37. The van der Waals surface area contributed by atoms with Crippen molar-refractivity contribution in [1.29, 1.82) is 0 Å². The van der Waals surface area contributed by atoms with E-state index in [2.05, 4.69) is 73.0 Å². The molecule has 18 heavy (non-hydrogen) atoms. The van der Waals surface area contributed by atoms with Crippen molar-refractivity contribution in [3.05, 3.63) is 71.6 Å². The largest absolute Gasteiger partial charge is 0.143 e. The van der Waals surface area contributed by atoms with Crippen LogP contribution in [0.4, 0.5) is 0 Å². The molecule has 3 aromatic rings. The molecule has 2 aromatic carbocycles. The molecule has 88 valence electrons. The van der Waals surface area contributed by atoms with Crippen molar-refractivity contribution in [2.24, 2.45) is 0 Å². The van der Waals surface area contributed by atoms with Gasteiger partial charge in [0.1, 0.15) is 0 Å². The fourth-order valence-corrected chi connectivity index (χ4v) is 3.30. The molecule has 1 heteroatoms. The van der Waals surface area contributed by atoms with Crippen LogP contribution in [-0.2, 0) is 0 Å². The second-order valence-corrected chi connectivity index (χ2v) is 5.22. The summed E-state index contributed by atoms with van der Waals surface area (Å²) >= 11 is 1.82. The second kappa shape index (κ2) is 4.79. The van der Waals surface area contributed by atoms with E-state index in [4.69, 9.17) is 0 Å². The average Bonchev–Trinajstić information content (AvgIpc) is 2.83. The van der Waals surface area contributed by atoms with Crippen molar-refractivity contribution in [2.75, 3.05) is 0 Å². The maximum Gasteiger partial charge on any atom is 0.0378 e. The molecule has 0 saturated carbocycles. The van der Waals surface area contributed by atoms with Crippen LogP contribution >= 0.6 is 11.3 Å². The molecule has 0 amide bonds. The molecule has 0 radical (unpaired) electrons. The van der Waals surface area contributed by atoms with Crippen LogP contribution in [0.15, 0.2) is 66.0 Å². The summed E-state index contributed by atoms with van der Waals surface area (Å²) in [5.74, 6) is 0. The minimum Gasteiger partial charge on any atom is -0.143 e. The Hall–Kier alpha value is -1.86. The predicted octanol–water partition coefficient (Wildman–Crippen LogP) is 5.39. The quantitative estimate of drug-likeness (QED) is 0.572. The third-order valence-corrected chi connectivity index (χ3v) is 4.29. The van der Waals surface area contributed by atoms with Crippen LogP contribution in [-0.4, -0.2) is 0 Å². The second-order valence-electron chi connectivity index (χ2n) is 4.34. The van der Waals surface area contributed by atoms with Gasteiger partial charge in [0, 0.05) is 4.88 Å². The number of benzene rings is 2. The standard InChI is InChI=1S/C17H14S/c1-13-16(14-8-4-2-5-9-14)12-18-17(13)15-10-6-3-7-11-15/h2-12H,1H3. The topological polar surface area (TPSA) is 0 Å². The minimum atomic E-state index is 1.30. The SMILES string of the molecule is Cc1c(-c2ccccc2)csc1-c1ccccc1. The summed E-state index contributed by atoms with van der Waals surface area (Å²) < 4.78 is 0. The van der Waals surface area contributed by atoms with E-state index in [1.807, 2.05) is 11.3 Å². The minimum absolute atomic E-state index is 1.30. The van der Waals surface area contributed by atoms with Crippen LogP contribution in [0, 0.1) is 6.92 Å². The third-order valence-electron chi connectivity index (χ3n) is 3.16. The van der Waals surface area contributed by atoms with Crippen molar-refractivity contribution >= 4 is 11.3 Å². The highest BCUT2D eigenvalue weighted by Crippen LogP contribution is 2.37. The summed E-state index contributed by atoms with van der Waals surface area (Å²) in [6.45, 7) is 2.21. The molecule has 0 spiro atoms. The van der Waals surface area contributed by atoms with E-state index in [1.54, 1.807) is 0 Å². The number of thiophene rings is 1. The Bertz CT molecular complexity index is 579. The molecule has 0 saturated heterocycles. The summed E-state index contributed by atoms with van der Waals surface area (Å²) in [7, 11) is 0. The van der Waals surface area contributed by atoms with Crippen LogP contribution in [0.1, 0.15) is 5.56 Å². The highest BCUT2D eigenvalue weighted by molar-refractivity contribution is 7.14. The zero-order valence-corrected chi connectivity index (χ0v) is 11.1. The predicted molar refractivity (Wildman–Crippen MR) is 79.9 cm³/mol. The number of hydrogen-bond donors (Lipinski definition) is 0. The lowest BCUT2D eigenvalue weighted by Gasteiger charge is -2.02. The average molecular weight is 250 g/mol. The van der Waals surface area contributed by atoms with Crippen molar-refractivity contribution in [2.45, 2.75) is 6.92 Å². The van der Waals surface area contributed by atoms with Crippen LogP contribution < -0.4 is 0 Å². The van der Waals surface area contributed by atoms with Gasteiger partial charge in [-0.2, -0.15) is 0 Å². The molecule has 0 bridgehead atoms. The molecule has 1 aromatic heterocycles. The maximum absolute atomic E-state index is 2.26. The van der Waals surface area contributed by atoms with E-state index in [1.165, 1.54) is 27.1 Å². The summed E-state index contributed by atoms with van der Waals surface area (Å²) in [6, 6.07) is 21.2. The lowest BCUT2D eigenvalue weighted by molar-refractivity contribution is 1.51. The van der Waals surface area contributed by atoms with Gasteiger partial charge in [0.2, 0.25) is 0 Å². The van der Waals surface area contributed by atoms with Gasteiger partial charge in [0.25, 0.3) is 0 Å². The first-order valence-electron chi connectivity index (χ1n) is 6.05. The fraction of sp³-hybridized carbons (Fsp3) is 0.0588. The van der Waals surface area contributed by atoms with Crippen molar-refractivity contribution in [3.63, 3.8) is 0 Å². The van der Waals surface area contributed by atoms with Gasteiger partial charge in [-0.15, -0.1) is 11.3 Å². The molecule has 0 fully saturated rings. The van der Waals surface area contributed by atoms with E-state index >= 15 is 0 Å². The zero-order chi connectivity index (χ0) is 12.4. The summed E-state index contributed by atoms with van der Waals surface area (Å²) in [6.07, 6.45) is 0. The van der Waals surface area contributed by atoms with Gasteiger partial charge in [-0.3, -0.25) is 0 Å². The van der Waals surface area contributed by atoms with E-state index in [-0.39, 0.29) is 0 Å². The first-order chi connectivity index (χ1) is 8.86. The smallest absolute Gasteiger partial charge is 0.0378 e. The van der Waals surface area contributed by atoms with Gasteiger partial charge >= 0.3 is 0 Å². The van der Waals surface area contributed by atoms with E-state index in [0.29, 0.717) is 0 Å². The van der Waals surface area contributed by atoms with Gasteiger partial charge in [-0.05, 0) is 34.6 Å². The highest BCUT2D eigenvalue weighted by Gasteiger charge is 2.10. The molecule has 0 atom stereocenters. The lowest BCUT2D eigenvalue weighted by atomic mass is 10.0. The van der Waals surface area contributed by atoms with Crippen LogP contribution in [0.3, 0.4) is 0 Å². The Labute approximate surface area is 112 Å². The molecular weight excluding hydrogens is 236 g/mol. The van der Waals surface area contributed by atoms with Gasteiger partial charge < -0.3 is 0 Å². The Morgan fingerprint density at radius 1 is 0.722 bits per heavy atom. The first-order valence-corrected chi connectivity index (χ1v) is 6.93. The summed E-state index contributed by atoms with van der Waals surface area (Å²) in [5, 5.41) is 2.26. The highest BCUT2D eigenvalue weighted by atomic mass is 32.1. The van der Waals surface area contributed by atoms with E-state index in [9.17, 15) is 0 Å². The van der Waals surface area contributed by atoms with Gasteiger partial charge in [0.05, 0.1) is 0 Å². The maximum atomic E-state index is 2.26. The van der Waals surface area contributed by atoms with Crippen LogP contribution in [0.2, 0.25) is 0 Å². The van der Waals surface area contributed by atoms with E-state index in [0.717, 1.165) is 0 Å². The summed E-state index contributed by atoms with van der Waals surface area (Å²) in [5.41, 5.74) is 5.33. The van der Waals surface area contributed by atoms with Crippen LogP contribution in [0.5, 0.6) is 0 Å². The molecule has 0 aliphatic carbocycles. The van der Waals surface area contributed by atoms with Crippen molar-refractivity contribution in [1.82, 2.24) is 0 Å². The number of hydrogen-bond acceptors (Lipinski definition) is 1. The molecule has 0 N–H and O–H groups in total. The molecule has 0 aliphatic rings. The monoisotopic (exact) mass is 250 g/mol. The normalized spacial score (nSPS) is 10.5. The third kappa shape index (κ3) is 1.98. The molecule has 0 unspecified atom stereocenters. The lowest BCUT2D eigenvalue weighted by Crippen LogP contribution is -1.79. The van der Waals surface area contributed by atoms with Crippen molar-refractivity contribution in [3.8, 4) is 21.6 Å². The Kier molecular flexibility index (Phi) is 2.99. The fourth-order valence-electron chi connectivity index (χ4n) is 2.19.